The Balaban J connectivity index is 2.23. The van der Waals surface area contributed by atoms with Crippen LogP contribution in [-0.2, 0) is 19.0 Å². The van der Waals surface area contributed by atoms with Crippen molar-refractivity contribution in [2.75, 3.05) is 6.54 Å². The van der Waals surface area contributed by atoms with Gasteiger partial charge >= 0.3 is 16.2 Å². The molecule has 1 N–H and O–H groups in total. The maximum absolute atomic E-state index is 12.0. The molecule has 1 aromatic carbocycles. The van der Waals surface area contributed by atoms with E-state index >= 15 is 0 Å². The van der Waals surface area contributed by atoms with Crippen LogP contribution in [0.3, 0.4) is 0 Å². The van der Waals surface area contributed by atoms with Gasteiger partial charge in [0.1, 0.15) is 0 Å². The minimum Gasteiger partial charge on any atom is -0.416 e. The Labute approximate surface area is 105 Å². The summed E-state index contributed by atoms with van der Waals surface area (Å²) in [5, 5.41) is 2.32. The molecule has 0 saturated carbocycles. The summed E-state index contributed by atoms with van der Waals surface area (Å²) in [4.78, 5) is 10.9. The Kier molecular flexibility index (Phi) is 3.27. The zero-order valence-corrected chi connectivity index (χ0v) is 10.8. The molecule has 1 unspecified atom stereocenters. The minimum absolute atomic E-state index is 0.0168. The first kappa shape index (κ1) is 12.8. The van der Waals surface area contributed by atoms with Crippen LogP contribution in [-0.4, -0.2) is 27.3 Å². The van der Waals surface area contributed by atoms with E-state index in [-0.39, 0.29) is 11.4 Å². The number of ether oxygens (including phenoxy) is 1. The van der Waals surface area contributed by atoms with Crippen LogP contribution in [0.1, 0.15) is 11.1 Å². The summed E-state index contributed by atoms with van der Waals surface area (Å²) < 4.78 is 33.4. The van der Waals surface area contributed by atoms with E-state index < -0.39 is 22.5 Å². The van der Waals surface area contributed by atoms with Crippen molar-refractivity contribution >= 4 is 16.2 Å². The fourth-order valence-electron chi connectivity index (χ4n) is 1.70. The molecule has 0 spiro atoms. The van der Waals surface area contributed by atoms with E-state index in [0.717, 1.165) is 5.56 Å². The summed E-state index contributed by atoms with van der Waals surface area (Å²) in [6.07, 6.45) is -1.79. The van der Waals surface area contributed by atoms with E-state index in [9.17, 15) is 13.2 Å². The summed E-state index contributed by atoms with van der Waals surface area (Å²) >= 11 is 0. The molecule has 18 heavy (non-hydrogen) atoms. The lowest BCUT2D eigenvalue weighted by Gasteiger charge is -2.11. The van der Waals surface area contributed by atoms with Crippen LogP contribution in [0.25, 0.3) is 0 Å². The van der Waals surface area contributed by atoms with E-state index in [4.69, 9.17) is 4.18 Å². The normalized spacial score (nSPS) is 19.4. The molecule has 7 heteroatoms. The highest BCUT2D eigenvalue weighted by Gasteiger charge is 2.30. The van der Waals surface area contributed by atoms with E-state index in [2.05, 4.69) is 10.1 Å². The average Bonchev–Trinajstić information content (AvgIpc) is 2.62. The van der Waals surface area contributed by atoms with E-state index in [1.165, 1.54) is 6.07 Å². The summed E-state index contributed by atoms with van der Waals surface area (Å²) in [6.45, 7) is 3.57. The van der Waals surface area contributed by atoms with Crippen molar-refractivity contribution in [3.05, 3.63) is 29.3 Å². The number of carbonyl (C=O) groups is 1. The number of rotatable bonds is 3. The predicted octanol–water partition coefficient (Wildman–Crippen LogP) is 1.07. The monoisotopic (exact) mass is 271 g/mol. The summed E-state index contributed by atoms with van der Waals surface area (Å²) in [5.41, 5.74) is 1.55. The molecule has 1 atom stereocenters. The topological polar surface area (TPSA) is 81.7 Å². The SMILES string of the molecule is Cc1ccc(S(=O)(=O)OC2CNC(=O)O2)c(C)c1. The lowest BCUT2D eigenvalue weighted by Crippen LogP contribution is -2.22. The Morgan fingerprint density at radius 3 is 2.67 bits per heavy atom. The van der Waals surface area contributed by atoms with Crippen LogP contribution in [0, 0.1) is 13.8 Å². The zero-order chi connectivity index (χ0) is 13.3. The molecule has 0 aliphatic carbocycles. The highest BCUT2D eigenvalue weighted by Crippen LogP contribution is 2.20. The molecule has 1 saturated heterocycles. The fourth-order valence-corrected chi connectivity index (χ4v) is 2.88. The molecule has 1 aromatic rings. The first-order chi connectivity index (χ1) is 8.38. The molecule has 1 amide bonds. The van der Waals surface area contributed by atoms with Gasteiger partial charge in [0.2, 0.25) is 6.29 Å². The van der Waals surface area contributed by atoms with Gasteiger partial charge in [-0.1, -0.05) is 17.7 Å². The molecule has 2 rings (SSSR count). The Hall–Kier alpha value is -1.60. The molecule has 1 fully saturated rings. The summed E-state index contributed by atoms with van der Waals surface area (Å²) in [5.74, 6) is 0. The van der Waals surface area contributed by atoms with Gasteiger partial charge in [0.05, 0.1) is 11.4 Å². The standard InChI is InChI=1S/C11H13NO5S/c1-7-3-4-9(8(2)5-7)18(14,15)17-10-6-12-11(13)16-10/h3-5,10H,6H2,1-2H3,(H,12,13). The van der Waals surface area contributed by atoms with Crippen molar-refractivity contribution in [3.8, 4) is 0 Å². The van der Waals surface area contributed by atoms with Crippen LogP contribution >= 0.6 is 0 Å². The largest absolute Gasteiger partial charge is 0.416 e. The van der Waals surface area contributed by atoms with Gasteiger partial charge in [-0.05, 0) is 25.5 Å². The third kappa shape index (κ3) is 2.62. The lowest BCUT2D eigenvalue weighted by atomic mass is 10.2. The van der Waals surface area contributed by atoms with Gasteiger partial charge in [0, 0.05) is 0 Å². The summed E-state index contributed by atoms with van der Waals surface area (Å²) in [7, 11) is -3.93. The molecular weight excluding hydrogens is 258 g/mol. The van der Waals surface area contributed by atoms with Crippen molar-refractivity contribution in [1.82, 2.24) is 5.32 Å². The lowest BCUT2D eigenvalue weighted by molar-refractivity contribution is 0.0107. The van der Waals surface area contributed by atoms with Crippen LogP contribution in [0.4, 0.5) is 4.79 Å². The molecule has 0 bridgehead atoms. The van der Waals surface area contributed by atoms with Gasteiger partial charge in [0.15, 0.2) is 0 Å². The second-order valence-corrected chi connectivity index (χ2v) is 5.58. The van der Waals surface area contributed by atoms with Crippen molar-refractivity contribution < 1.29 is 22.1 Å². The second-order valence-electron chi connectivity index (χ2n) is 4.04. The van der Waals surface area contributed by atoms with Crippen LogP contribution in [0.5, 0.6) is 0 Å². The number of carbonyl (C=O) groups excluding carboxylic acids is 1. The first-order valence-electron chi connectivity index (χ1n) is 5.33. The average molecular weight is 271 g/mol. The van der Waals surface area contributed by atoms with Gasteiger partial charge < -0.3 is 10.1 Å². The van der Waals surface area contributed by atoms with Crippen molar-refractivity contribution in [3.63, 3.8) is 0 Å². The van der Waals surface area contributed by atoms with Crippen LogP contribution in [0.2, 0.25) is 0 Å². The molecule has 0 aromatic heterocycles. The van der Waals surface area contributed by atoms with Crippen LogP contribution in [0.15, 0.2) is 23.1 Å². The van der Waals surface area contributed by atoms with Crippen molar-refractivity contribution in [2.24, 2.45) is 0 Å². The summed E-state index contributed by atoms with van der Waals surface area (Å²) in [6, 6.07) is 4.90. The molecule has 98 valence electrons. The molecular formula is C11H13NO5S. The number of cyclic esters (lactones) is 1. The highest BCUT2D eigenvalue weighted by atomic mass is 32.2. The number of aryl methyl sites for hydroxylation is 2. The maximum atomic E-state index is 12.0. The predicted molar refractivity (Wildman–Crippen MR) is 62.5 cm³/mol. The van der Waals surface area contributed by atoms with E-state index in [1.807, 2.05) is 6.92 Å². The smallest absolute Gasteiger partial charge is 0.409 e. The van der Waals surface area contributed by atoms with Gasteiger partial charge in [-0.3, -0.25) is 0 Å². The fraction of sp³-hybridized carbons (Fsp3) is 0.364. The van der Waals surface area contributed by atoms with Gasteiger partial charge in [-0.25, -0.2) is 8.98 Å². The third-order valence-corrected chi connectivity index (χ3v) is 3.95. The zero-order valence-electron chi connectivity index (χ0n) is 9.97. The Morgan fingerprint density at radius 2 is 2.11 bits per heavy atom. The number of hydrogen-bond acceptors (Lipinski definition) is 5. The number of benzene rings is 1. The van der Waals surface area contributed by atoms with Crippen molar-refractivity contribution in [2.45, 2.75) is 25.0 Å². The number of hydrogen-bond donors (Lipinski definition) is 1. The maximum Gasteiger partial charge on any atom is 0.409 e. The number of amides is 1. The van der Waals surface area contributed by atoms with E-state index in [1.54, 1.807) is 19.1 Å². The number of alkyl carbamates (subject to hydrolysis) is 1. The highest BCUT2D eigenvalue weighted by molar-refractivity contribution is 7.86. The Bertz CT molecular complexity index is 581. The molecule has 0 radical (unpaired) electrons. The van der Waals surface area contributed by atoms with Gasteiger partial charge in [-0.15, -0.1) is 0 Å². The van der Waals surface area contributed by atoms with Gasteiger partial charge in [0.25, 0.3) is 0 Å². The molecule has 1 aliphatic rings. The van der Waals surface area contributed by atoms with Gasteiger partial charge in [-0.2, -0.15) is 8.42 Å². The first-order valence-corrected chi connectivity index (χ1v) is 6.74. The quantitative estimate of drug-likeness (QED) is 0.832. The molecule has 6 nitrogen and oxygen atoms in total. The Morgan fingerprint density at radius 1 is 1.39 bits per heavy atom. The molecule has 1 aliphatic heterocycles. The third-order valence-electron chi connectivity index (χ3n) is 2.49. The second kappa shape index (κ2) is 4.58. The van der Waals surface area contributed by atoms with E-state index in [0.29, 0.717) is 5.56 Å². The number of nitrogens with one attached hydrogen (secondary N) is 1. The molecule has 1 heterocycles. The van der Waals surface area contributed by atoms with Crippen LogP contribution < -0.4 is 5.32 Å². The minimum atomic E-state index is -3.93. The van der Waals surface area contributed by atoms with Crippen molar-refractivity contribution in [1.29, 1.82) is 0 Å².